The molecule has 1 aliphatic heterocycles. The van der Waals surface area contributed by atoms with Crippen molar-refractivity contribution in [2.45, 2.75) is 71.3 Å². The summed E-state index contributed by atoms with van der Waals surface area (Å²) in [6.07, 6.45) is 9.00. The molecular weight excluding hydrogens is 362 g/mol. The molecule has 6 nitrogen and oxygen atoms in total. The van der Waals surface area contributed by atoms with Crippen LogP contribution in [0.1, 0.15) is 74.5 Å². The third-order valence-electron chi connectivity index (χ3n) is 6.15. The van der Waals surface area contributed by atoms with Crippen molar-refractivity contribution in [2.75, 3.05) is 11.9 Å². The van der Waals surface area contributed by atoms with Crippen LogP contribution in [0.5, 0.6) is 0 Å². The average Bonchev–Trinajstić information content (AvgIpc) is 3.37. The van der Waals surface area contributed by atoms with Gasteiger partial charge in [-0.15, -0.1) is 0 Å². The molecule has 2 fully saturated rings. The number of pyridine rings is 1. The first-order valence-corrected chi connectivity index (χ1v) is 10.9. The zero-order valence-corrected chi connectivity index (χ0v) is 17.5. The Morgan fingerprint density at radius 2 is 1.83 bits per heavy atom. The van der Waals surface area contributed by atoms with Gasteiger partial charge in [-0.05, 0) is 57.2 Å². The van der Waals surface area contributed by atoms with E-state index < -0.39 is 0 Å². The van der Waals surface area contributed by atoms with Crippen LogP contribution < -0.4 is 5.32 Å². The summed E-state index contributed by atoms with van der Waals surface area (Å²) in [6.45, 7) is 4.75. The van der Waals surface area contributed by atoms with Crippen LogP contribution in [0.15, 0.2) is 24.3 Å². The largest absolute Gasteiger partial charge is 0.334 e. The fourth-order valence-corrected chi connectivity index (χ4v) is 4.75. The molecule has 1 saturated heterocycles. The second-order valence-corrected chi connectivity index (χ2v) is 8.48. The van der Waals surface area contributed by atoms with Crippen molar-refractivity contribution in [3.8, 4) is 0 Å². The monoisotopic (exact) mass is 393 g/mol. The summed E-state index contributed by atoms with van der Waals surface area (Å²) in [6, 6.07) is 7.97. The Kier molecular flexibility index (Phi) is 6.07. The first kappa shape index (κ1) is 19.8. The van der Waals surface area contributed by atoms with Gasteiger partial charge >= 0.3 is 0 Å². The second kappa shape index (κ2) is 8.89. The summed E-state index contributed by atoms with van der Waals surface area (Å²) in [5, 5.41) is 3.22. The molecule has 1 unspecified atom stereocenters. The summed E-state index contributed by atoms with van der Waals surface area (Å²) >= 11 is 0. The lowest BCUT2D eigenvalue weighted by molar-refractivity contribution is -0.132. The number of aryl methyl sites for hydroxylation is 2. The van der Waals surface area contributed by atoms with Gasteiger partial charge in [0.05, 0.1) is 11.7 Å². The highest BCUT2D eigenvalue weighted by Crippen LogP contribution is 2.34. The van der Waals surface area contributed by atoms with E-state index in [9.17, 15) is 4.79 Å². The Morgan fingerprint density at radius 3 is 2.59 bits per heavy atom. The number of anilines is 2. The lowest BCUT2D eigenvalue weighted by Crippen LogP contribution is -2.31. The van der Waals surface area contributed by atoms with Gasteiger partial charge in [0.15, 0.2) is 0 Å². The minimum Gasteiger partial charge on any atom is -0.334 e. The Hall–Kier alpha value is -2.50. The Labute approximate surface area is 173 Å². The molecular formula is C23H31N5O. The summed E-state index contributed by atoms with van der Waals surface area (Å²) in [4.78, 5) is 28.6. The summed E-state index contributed by atoms with van der Waals surface area (Å²) in [5.41, 5.74) is 2.79. The van der Waals surface area contributed by atoms with Crippen LogP contribution >= 0.6 is 0 Å². The second-order valence-electron chi connectivity index (χ2n) is 8.48. The molecule has 0 aromatic carbocycles. The van der Waals surface area contributed by atoms with E-state index in [2.05, 4.69) is 15.3 Å². The number of amides is 1. The fraction of sp³-hybridized carbons (Fsp3) is 0.565. The van der Waals surface area contributed by atoms with Gasteiger partial charge in [0, 0.05) is 24.4 Å². The first-order valence-electron chi connectivity index (χ1n) is 10.9. The van der Waals surface area contributed by atoms with Crippen LogP contribution in [0, 0.1) is 19.8 Å². The number of nitrogens with zero attached hydrogens (tertiary/aromatic N) is 4. The summed E-state index contributed by atoms with van der Waals surface area (Å²) < 4.78 is 0. The summed E-state index contributed by atoms with van der Waals surface area (Å²) in [7, 11) is 0. The number of aromatic nitrogens is 3. The number of hydrogen-bond acceptors (Lipinski definition) is 5. The molecule has 6 heteroatoms. The smallest absolute Gasteiger partial charge is 0.228 e. The number of likely N-dealkylation sites (tertiary alicyclic amines) is 1. The molecule has 2 aliphatic rings. The molecule has 4 rings (SSSR count). The third kappa shape index (κ3) is 4.92. The Balaban J connectivity index is 1.44. The van der Waals surface area contributed by atoms with E-state index in [-0.39, 0.29) is 11.9 Å². The van der Waals surface area contributed by atoms with Gasteiger partial charge < -0.3 is 10.2 Å². The van der Waals surface area contributed by atoms with Gasteiger partial charge in [-0.2, -0.15) is 0 Å². The van der Waals surface area contributed by atoms with Crippen molar-refractivity contribution >= 4 is 17.7 Å². The zero-order chi connectivity index (χ0) is 20.2. The van der Waals surface area contributed by atoms with Crippen LogP contribution in [0.4, 0.5) is 11.8 Å². The molecule has 1 saturated carbocycles. The average molecular weight is 394 g/mol. The van der Waals surface area contributed by atoms with E-state index >= 15 is 0 Å². The standard InChI is InChI=1S/C23H31N5O/c1-16-15-17(2)25-23(24-16)27-21-11-5-9-19(26-21)20-10-6-14-28(20)22(29)13-12-18-7-3-4-8-18/h5,9,11,15,18,20H,3-4,6-8,10,12-14H2,1-2H3,(H,24,25,26,27). The zero-order valence-electron chi connectivity index (χ0n) is 17.5. The quantitative estimate of drug-likeness (QED) is 0.758. The molecule has 0 spiro atoms. The van der Waals surface area contributed by atoms with Crippen LogP contribution in [0.25, 0.3) is 0 Å². The van der Waals surface area contributed by atoms with Crippen molar-refractivity contribution in [1.82, 2.24) is 19.9 Å². The number of rotatable bonds is 6. The van der Waals surface area contributed by atoms with Gasteiger partial charge in [-0.3, -0.25) is 4.79 Å². The predicted octanol–water partition coefficient (Wildman–Crippen LogP) is 4.87. The minimum absolute atomic E-state index is 0.0768. The van der Waals surface area contributed by atoms with Gasteiger partial charge in [0.1, 0.15) is 5.82 Å². The van der Waals surface area contributed by atoms with Gasteiger partial charge in [0.2, 0.25) is 11.9 Å². The molecule has 3 heterocycles. The maximum Gasteiger partial charge on any atom is 0.228 e. The lowest BCUT2D eigenvalue weighted by atomic mass is 10.0. The first-order chi connectivity index (χ1) is 14.1. The van der Waals surface area contributed by atoms with E-state index in [1.165, 1.54) is 25.7 Å². The van der Waals surface area contributed by atoms with E-state index in [0.29, 0.717) is 12.4 Å². The molecule has 1 atom stereocenters. The number of carbonyl (C=O) groups is 1. The highest BCUT2D eigenvalue weighted by Gasteiger charge is 2.31. The van der Waals surface area contributed by atoms with E-state index in [0.717, 1.165) is 54.6 Å². The Morgan fingerprint density at radius 1 is 1.07 bits per heavy atom. The SMILES string of the molecule is Cc1cc(C)nc(Nc2cccc(C3CCCN3C(=O)CCC3CCCC3)n2)n1. The minimum atomic E-state index is 0.0768. The Bertz CT molecular complexity index is 842. The van der Waals surface area contributed by atoms with Crippen LogP contribution in [-0.4, -0.2) is 32.3 Å². The molecule has 2 aromatic heterocycles. The molecule has 0 bridgehead atoms. The molecule has 1 amide bonds. The lowest BCUT2D eigenvalue weighted by Gasteiger charge is -2.25. The predicted molar refractivity (Wildman–Crippen MR) is 114 cm³/mol. The fourth-order valence-electron chi connectivity index (χ4n) is 4.75. The molecule has 29 heavy (non-hydrogen) atoms. The van der Waals surface area contributed by atoms with Crippen molar-refractivity contribution in [3.63, 3.8) is 0 Å². The third-order valence-corrected chi connectivity index (χ3v) is 6.15. The molecule has 1 N–H and O–H groups in total. The van der Waals surface area contributed by atoms with E-state index in [1.54, 1.807) is 0 Å². The van der Waals surface area contributed by atoms with Crippen LogP contribution in [-0.2, 0) is 4.79 Å². The number of carbonyl (C=O) groups excluding carboxylic acids is 1. The van der Waals surface area contributed by atoms with Crippen molar-refractivity contribution < 1.29 is 4.79 Å². The van der Waals surface area contributed by atoms with Crippen molar-refractivity contribution in [1.29, 1.82) is 0 Å². The van der Waals surface area contributed by atoms with E-state index in [1.807, 2.05) is 43.0 Å². The van der Waals surface area contributed by atoms with Crippen molar-refractivity contribution in [2.24, 2.45) is 5.92 Å². The summed E-state index contributed by atoms with van der Waals surface area (Å²) in [5.74, 6) is 2.32. The van der Waals surface area contributed by atoms with Crippen molar-refractivity contribution in [3.05, 3.63) is 41.3 Å². The maximum absolute atomic E-state index is 12.9. The molecule has 0 radical (unpaired) electrons. The number of hydrogen-bond donors (Lipinski definition) is 1. The van der Waals surface area contributed by atoms with E-state index in [4.69, 9.17) is 4.98 Å². The normalized spacial score (nSPS) is 19.7. The van der Waals surface area contributed by atoms with Crippen LogP contribution in [0.2, 0.25) is 0 Å². The highest BCUT2D eigenvalue weighted by atomic mass is 16.2. The molecule has 154 valence electrons. The maximum atomic E-state index is 12.9. The molecule has 1 aliphatic carbocycles. The van der Waals surface area contributed by atoms with Crippen LogP contribution in [0.3, 0.4) is 0 Å². The number of nitrogens with one attached hydrogen (secondary N) is 1. The van der Waals surface area contributed by atoms with Gasteiger partial charge in [-0.25, -0.2) is 15.0 Å². The topological polar surface area (TPSA) is 71.0 Å². The molecule has 2 aromatic rings. The highest BCUT2D eigenvalue weighted by molar-refractivity contribution is 5.77. The van der Waals surface area contributed by atoms with Gasteiger partial charge in [0.25, 0.3) is 0 Å². The van der Waals surface area contributed by atoms with Gasteiger partial charge in [-0.1, -0.05) is 31.7 Å².